The van der Waals surface area contributed by atoms with E-state index in [1.807, 2.05) is 24.4 Å². The predicted octanol–water partition coefficient (Wildman–Crippen LogP) is 5.43. The topological polar surface area (TPSA) is 45.8 Å². The molecule has 3 heteroatoms. The maximum absolute atomic E-state index is 11.5. The number of benzene rings is 1. The number of allylic oxidation sites excluding steroid dienone is 1. The van der Waals surface area contributed by atoms with Gasteiger partial charge >= 0.3 is 0 Å². The molecule has 25 heavy (non-hydrogen) atoms. The van der Waals surface area contributed by atoms with Crippen LogP contribution in [0.4, 0.5) is 0 Å². The van der Waals surface area contributed by atoms with Gasteiger partial charge in [0, 0.05) is 24.0 Å². The molecule has 0 bridgehead atoms. The molecule has 1 N–H and O–H groups in total. The lowest BCUT2D eigenvalue weighted by atomic mass is 9.96. The number of aromatic amines is 1. The number of unbranched alkanes of at least 4 members (excludes halogenated alkanes) is 3. The van der Waals surface area contributed by atoms with Gasteiger partial charge in [0.05, 0.1) is 0 Å². The third-order valence-corrected chi connectivity index (χ3v) is 4.42. The number of H-pyrrole nitrogens is 1. The molecule has 0 unspecified atom stereocenters. The summed E-state index contributed by atoms with van der Waals surface area (Å²) in [6.07, 6.45) is 11.9. The summed E-state index contributed by atoms with van der Waals surface area (Å²) in [5, 5.41) is 1.06. The quantitative estimate of drug-likeness (QED) is 0.586. The van der Waals surface area contributed by atoms with Gasteiger partial charge in [-0.1, -0.05) is 38.3 Å². The summed E-state index contributed by atoms with van der Waals surface area (Å²) in [4.78, 5) is 18.6. The van der Waals surface area contributed by atoms with Crippen molar-refractivity contribution in [1.82, 2.24) is 9.97 Å². The van der Waals surface area contributed by atoms with Gasteiger partial charge in [0.15, 0.2) is 0 Å². The Hall–Kier alpha value is -2.68. The molecular weight excluding hydrogens is 308 g/mol. The molecule has 3 aromatic rings. The van der Waals surface area contributed by atoms with Crippen molar-refractivity contribution in [3.05, 3.63) is 76.3 Å². The van der Waals surface area contributed by atoms with E-state index in [1.165, 1.54) is 36.8 Å². The summed E-state index contributed by atoms with van der Waals surface area (Å²) >= 11 is 0. The van der Waals surface area contributed by atoms with Crippen molar-refractivity contribution in [3.63, 3.8) is 0 Å². The van der Waals surface area contributed by atoms with Crippen molar-refractivity contribution in [2.24, 2.45) is 0 Å². The van der Waals surface area contributed by atoms with E-state index < -0.39 is 0 Å². The highest BCUT2D eigenvalue weighted by Crippen LogP contribution is 2.26. The molecule has 0 aliphatic carbocycles. The maximum atomic E-state index is 11.5. The van der Waals surface area contributed by atoms with Crippen molar-refractivity contribution in [2.45, 2.75) is 39.0 Å². The molecule has 0 spiro atoms. The van der Waals surface area contributed by atoms with E-state index in [9.17, 15) is 4.79 Å². The Morgan fingerprint density at radius 2 is 2.04 bits per heavy atom. The Kier molecular flexibility index (Phi) is 5.78. The van der Waals surface area contributed by atoms with E-state index in [-0.39, 0.29) is 5.56 Å². The average molecular weight is 332 g/mol. The van der Waals surface area contributed by atoms with Gasteiger partial charge in [-0.05, 0) is 65.3 Å². The van der Waals surface area contributed by atoms with Crippen LogP contribution in [0.2, 0.25) is 0 Å². The zero-order valence-electron chi connectivity index (χ0n) is 14.7. The first-order valence-corrected chi connectivity index (χ1v) is 9.00. The zero-order valence-corrected chi connectivity index (χ0v) is 14.7. The minimum atomic E-state index is -0.0639. The van der Waals surface area contributed by atoms with E-state index in [0.29, 0.717) is 0 Å². The van der Waals surface area contributed by atoms with Crippen molar-refractivity contribution in [2.75, 3.05) is 0 Å². The van der Waals surface area contributed by atoms with Crippen molar-refractivity contribution in [3.8, 4) is 0 Å². The van der Waals surface area contributed by atoms with E-state index in [4.69, 9.17) is 0 Å². The highest BCUT2D eigenvalue weighted by molar-refractivity contribution is 5.87. The molecule has 0 atom stereocenters. The highest BCUT2D eigenvalue weighted by atomic mass is 16.1. The summed E-state index contributed by atoms with van der Waals surface area (Å²) < 4.78 is 0. The van der Waals surface area contributed by atoms with Crippen molar-refractivity contribution in [1.29, 1.82) is 0 Å². The van der Waals surface area contributed by atoms with Crippen molar-refractivity contribution < 1.29 is 0 Å². The molecule has 2 aromatic heterocycles. The summed E-state index contributed by atoms with van der Waals surface area (Å²) in [7, 11) is 0. The van der Waals surface area contributed by atoms with Gasteiger partial charge < -0.3 is 4.98 Å². The first kappa shape index (κ1) is 17.2. The van der Waals surface area contributed by atoms with E-state index in [1.54, 1.807) is 12.3 Å². The molecule has 0 amide bonds. The van der Waals surface area contributed by atoms with Gasteiger partial charge in [-0.2, -0.15) is 0 Å². The Morgan fingerprint density at radius 1 is 1.12 bits per heavy atom. The Morgan fingerprint density at radius 3 is 2.84 bits per heavy atom. The zero-order chi connectivity index (χ0) is 17.5. The van der Waals surface area contributed by atoms with Crippen LogP contribution in [0.3, 0.4) is 0 Å². The van der Waals surface area contributed by atoms with Crippen LogP contribution < -0.4 is 5.56 Å². The molecule has 2 heterocycles. The lowest BCUT2D eigenvalue weighted by Gasteiger charge is -2.10. The lowest BCUT2D eigenvalue weighted by Crippen LogP contribution is -2.02. The van der Waals surface area contributed by atoms with E-state index in [2.05, 4.69) is 41.2 Å². The fraction of sp³-hybridized carbons (Fsp3) is 0.273. The summed E-state index contributed by atoms with van der Waals surface area (Å²) in [5.41, 5.74) is 4.46. The fourth-order valence-electron chi connectivity index (χ4n) is 3.06. The molecular formula is C22H24N2O. The van der Waals surface area contributed by atoms with Crippen LogP contribution in [0, 0.1) is 0 Å². The minimum absolute atomic E-state index is 0.0639. The Labute approximate surface area is 148 Å². The van der Waals surface area contributed by atoms with E-state index in [0.717, 1.165) is 22.9 Å². The summed E-state index contributed by atoms with van der Waals surface area (Å²) in [6.45, 7) is 2.23. The number of pyridine rings is 2. The van der Waals surface area contributed by atoms with Gasteiger partial charge in [-0.3, -0.25) is 9.78 Å². The molecule has 0 saturated heterocycles. The van der Waals surface area contributed by atoms with Crippen LogP contribution in [-0.4, -0.2) is 9.97 Å². The molecule has 1 aromatic carbocycles. The predicted molar refractivity (Wildman–Crippen MR) is 105 cm³/mol. The third-order valence-electron chi connectivity index (χ3n) is 4.42. The first-order chi connectivity index (χ1) is 12.3. The smallest absolute Gasteiger partial charge is 0.248 e. The number of nitrogens with one attached hydrogen (secondary N) is 1. The van der Waals surface area contributed by atoms with Crippen LogP contribution in [0.1, 0.15) is 50.2 Å². The fourth-order valence-corrected chi connectivity index (χ4v) is 3.06. The number of hydrogen-bond donors (Lipinski definition) is 1. The number of aromatic nitrogens is 2. The second-order valence-electron chi connectivity index (χ2n) is 6.39. The summed E-state index contributed by atoms with van der Waals surface area (Å²) in [5.74, 6) is 0. The molecule has 0 saturated carbocycles. The van der Waals surface area contributed by atoms with Crippen LogP contribution in [0.15, 0.2) is 59.7 Å². The average Bonchev–Trinajstić information content (AvgIpc) is 2.64. The van der Waals surface area contributed by atoms with Gasteiger partial charge in [-0.25, -0.2) is 0 Å². The van der Waals surface area contributed by atoms with Gasteiger partial charge in [0.2, 0.25) is 5.56 Å². The number of fused-ring (bicyclic) bond motifs is 1. The summed E-state index contributed by atoms with van der Waals surface area (Å²) in [6, 6.07) is 13.8. The monoisotopic (exact) mass is 332 g/mol. The normalized spacial score (nSPS) is 11.8. The Balaban J connectivity index is 1.94. The minimum Gasteiger partial charge on any atom is -0.322 e. The lowest BCUT2D eigenvalue weighted by molar-refractivity contribution is 0.679. The van der Waals surface area contributed by atoms with Gasteiger partial charge in [0.1, 0.15) is 0 Å². The maximum Gasteiger partial charge on any atom is 0.248 e. The van der Waals surface area contributed by atoms with Gasteiger partial charge in [-0.15, -0.1) is 0 Å². The third kappa shape index (κ3) is 4.66. The van der Waals surface area contributed by atoms with Crippen LogP contribution in [0.25, 0.3) is 22.6 Å². The van der Waals surface area contributed by atoms with Crippen LogP contribution in [-0.2, 0) is 0 Å². The first-order valence-electron chi connectivity index (χ1n) is 9.00. The van der Waals surface area contributed by atoms with E-state index >= 15 is 0 Å². The highest BCUT2D eigenvalue weighted by Gasteiger charge is 2.05. The molecule has 0 radical (unpaired) electrons. The Bertz CT molecular complexity index is 910. The van der Waals surface area contributed by atoms with Crippen LogP contribution in [0.5, 0.6) is 0 Å². The molecule has 0 aliphatic rings. The number of hydrogen-bond acceptors (Lipinski definition) is 2. The second-order valence-corrected chi connectivity index (χ2v) is 6.39. The standard InChI is InChI=1S/C22H24N2O/c1-2-3-4-5-8-18(14-17-7-6-13-23-16-17)19-9-11-21-20(15-19)10-12-22(25)24-21/h6-7,9-16H,2-5,8H2,1H3,(H,24,25)/b18-14-. The largest absolute Gasteiger partial charge is 0.322 e. The second kappa shape index (κ2) is 8.43. The molecule has 3 rings (SSSR count). The van der Waals surface area contributed by atoms with Gasteiger partial charge in [0.25, 0.3) is 0 Å². The SMILES string of the molecule is CCCCCC/C(=C/c1cccnc1)c1ccc2[nH]c(=O)ccc2c1. The molecule has 0 fully saturated rings. The van der Waals surface area contributed by atoms with Crippen LogP contribution >= 0.6 is 0 Å². The van der Waals surface area contributed by atoms with Crippen molar-refractivity contribution >= 4 is 22.6 Å². The number of rotatable bonds is 7. The number of nitrogens with zero attached hydrogens (tertiary/aromatic N) is 1. The molecule has 128 valence electrons. The molecule has 3 nitrogen and oxygen atoms in total. The molecule has 0 aliphatic heterocycles.